The number of nitrogens with zero attached hydrogens (tertiary/aromatic N) is 2. The lowest BCUT2D eigenvalue weighted by Crippen LogP contribution is -2.50. The maximum Gasteiger partial charge on any atom is 0.253 e. The zero-order valence-electron chi connectivity index (χ0n) is 16.8. The fourth-order valence-corrected chi connectivity index (χ4v) is 4.66. The minimum atomic E-state index is -3.76. The van der Waals surface area contributed by atoms with Crippen molar-refractivity contribution < 1.29 is 22.7 Å². The first-order chi connectivity index (χ1) is 14.3. The van der Waals surface area contributed by atoms with E-state index in [9.17, 15) is 13.2 Å². The zero-order chi connectivity index (χ0) is 21.9. The van der Waals surface area contributed by atoms with E-state index in [0.717, 1.165) is 0 Å². The Morgan fingerprint density at radius 2 is 1.43 bits per heavy atom. The molecule has 1 aliphatic rings. The number of nitrogens with one attached hydrogen (secondary N) is 1. The van der Waals surface area contributed by atoms with Crippen molar-refractivity contribution in [2.24, 2.45) is 5.73 Å². The Bertz CT molecular complexity index is 1020. The van der Waals surface area contributed by atoms with Gasteiger partial charge in [-0.3, -0.25) is 10.2 Å². The van der Waals surface area contributed by atoms with Gasteiger partial charge in [-0.05, 0) is 12.1 Å². The molecule has 9 nitrogen and oxygen atoms in total. The summed E-state index contributed by atoms with van der Waals surface area (Å²) in [5.74, 6) is 0.513. The molecule has 0 aliphatic carbocycles. The summed E-state index contributed by atoms with van der Waals surface area (Å²) in [5.41, 5.74) is 6.44. The van der Waals surface area contributed by atoms with Gasteiger partial charge >= 0.3 is 0 Å². The number of hydrogen-bond acceptors (Lipinski definition) is 6. The molecule has 160 valence electrons. The summed E-state index contributed by atoms with van der Waals surface area (Å²) in [6, 6.07) is 11.0. The molecule has 0 unspecified atom stereocenters. The van der Waals surface area contributed by atoms with Crippen LogP contribution in [0.15, 0.2) is 47.4 Å². The van der Waals surface area contributed by atoms with Crippen LogP contribution in [0.3, 0.4) is 0 Å². The van der Waals surface area contributed by atoms with Gasteiger partial charge < -0.3 is 20.1 Å². The molecule has 0 saturated carbocycles. The van der Waals surface area contributed by atoms with Crippen LogP contribution in [0, 0.1) is 5.41 Å². The average molecular weight is 433 g/mol. The third-order valence-electron chi connectivity index (χ3n) is 4.93. The maximum atomic E-state index is 13.1. The minimum absolute atomic E-state index is 0.0676. The number of methoxy groups -OCH3 is 2. The topological polar surface area (TPSA) is 126 Å². The predicted octanol–water partition coefficient (Wildman–Crippen LogP) is 1.13. The van der Waals surface area contributed by atoms with E-state index in [1.165, 1.54) is 30.7 Å². The molecule has 0 bridgehead atoms. The monoisotopic (exact) mass is 432 g/mol. The van der Waals surface area contributed by atoms with Gasteiger partial charge in [0.15, 0.2) is 0 Å². The minimum Gasteiger partial charge on any atom is -0.497 e. The fourth-order valence-electron chi connectivity index (χ4n) is 3.19. The highest BCUT2D eigenvalue weighted by atomic mass is 32.2. The third-order valence-corrected chi connectivity index (χ3v) is 6.81. The maximum absolute atomic E-state index is 13.1. The molecule has 1 fully saturated rings. The number of amidine groups is 1. The SMILES string of the molecule is COc1cc(OC)cc(S(=O)(=O)N2CCN(C(=O)c3ccc(C(=N)N)cc3)CC2)c1. The van der Waals surface area contributed by atoms with Crippen molar-refractivity contribution in [3.63, 3.8) is 0 Å². The summed E-state index contributed by atoms with van der Waals surface area (Å²) in [5, 5.41) is 7.42. The van der Waals surface area contributed by atoms with Gasteiger partial charge in [0.2, 0.25) is 10.0 Å². The summed E-state index contributed by atoms with van der Waals surface area (Å²) < 4.78 is 37.8. The average Bonchev–Trinajstić information content (AvgIpc) is 2.78. The summed E-state index contributed by atoms with van der Waals surface area (Å²) in [6.07, 6.45) is 0. The van der Waals surface area contributed by atoms with Crippen LogP contribution in [0.5, 0.6) is 11.5 Å². The zero-order valence-corrected chi connectivity index (χ0v) is 17.6. The van der Waals surface area contributed by atoms with E-state index >= 15 is 0 Å². The van der Waals surface area contributed by atoms with Gasteiger partial charge in [-0.2, -0.15) is 4.31 Å². The van der Waals surface area contributed by atoms with Crippen molar-refractivity contribution in [1.82, 2.24) is 9.21 Å². The van der Waals surface area contributed by atoms with Gasteiger partial charge in [0.25, 0.3) is 5.91 Å². The van der Waals surface area contributed by atoms with E-state index < -0.39 is 10.0 Å². The van der Waals surface area contributed by atoms with Crippen molar-refractivity contribution in [3.8, 4) is 11.5 Å². The first-order valence-electron chi connectivity index (χ1n) is 9.23. The van der Waals surface area contributed by atoms with Crippen LogP contribution in [0.2, 0.25) is 0 Å². The van der Waals surface area contributed by atoms with Gasteiger partial charge in [0.05, 0.1) is 19.1 Å². The highest BCUT2D eigenvalue weighted by Gasteiger charge is 2.31. The van der Waals surface area contributed by atoms with Crippen molar-refractivity contribution in [2.45, 2.75) is 4.90 Å². The van der Waals surface area contributed by atoms with E-state index in [0.29, 0.717) is 22.6 Å². The van der Waals surface area contributed by atoms with Crippen LogP contribution in [-0.2, 0) is 10.0 Å². The summed E-state index contributed by atoms with van der Waals surface area (Å²) in [4.78, 5) is 14.4. The molecule has 1 saturated heterocycles. The molecule has 3 rings (SSSR count). The Labute approximate surface area is 175 Å². The third kappa shape index (κ3) is 4.39. The second-order valence-corrected chi connectivity index (χ2v) is 8.67. The van der Waals surface area contributed by atoms with Crippen LogP contribution < -0.4 is 15.2 Å². The van der Waals surface area contributed by atoms with E-state index in [1.54, 1.807) is 35.2 Å². The number of amides is 1. The predicted molar refractivity (Wildman–Crippen MR) is 112 cm³/mol. The smallest absolute Gasteiger partial charge is 0.253 e. The van der Waals surface area contributed by atoms with Gasteiger partial charge in [-0.25, -0.2) is 8.42 Å². The standard InChI is InChI=1S/C20H24N4O5S/c1-28-16-11-17(29-2)13-18(12-16)30(26,27)24-9-7-23(8-10-24)20(25)15-5-3-14(4-6-15)19(21)22/h3-6,11-13H,7-10H2,1-2H3,(H3,21,22). The number of nitrogens with two attached hydrogens (primary N) is 1. The molecule has 2 aromatic carbocycles. The number of carbonyl (C=O) groups excluding carboxylic acids is 1. The molecule has 10 heteroatoms. The van der Waals surface area contributed by atoms with Crippen LogP contribution in [-0.4, -0.2) is 69.8 Å². The lowest BCUT2D eigenvalue weighted by molar-refractivity contribution is 0.0698. The largest absolute Gasteiger partial charge is 0.497 e. The number of hydrogen-bond donors (Lipinski definition) is 2. The van der Waals surface area contributed by atoms with E-state index in [4.69, 9.17) is 20.6 Å². The Hall–Kier alpha value is -3.11. The van der Waals surface area contributed by atoms with Gasteiger partial charge in [0.1, 0.15) is 17.3 Å². The number of nitrogen functional groups attached to an aromatic ring is 1. The number of sulfonamides is 1. The molecule has 30 heavy (non-hydrogen) atoms. The lowest BCUT2D eigenvalue weighted by atomic mass is 10.1. The Balaban J connectivity index is 1.71. The number of ether oxygens (including phenoxy) is 2. The normalized spacial score (nSPS) is 14.9. The number of benzene rings is 2. The summed E-state index contributed by atoms with van der Waals surface area (Å²) >= 11 is 0. The van der Waals surface area contributed by atoms with E-state index in [2.05, 4.69) is 0 Å². The Kier molecular flexibility index (Phi) is 6.28. The van der Waals surface area contributed by atoms with E-state index in [1.807, 2.05) is 0 Å². The fraction of sp³-hybridized carbons (Fsp3) is 0.300. The molecular weight excluding hydrogens is 408 g/mol. The molecule has 2 aromatic rings. The molecule has 1 amide bonds. The Morgan fingerprint density at radius 3 is 1.90 bits per heavy atom. The highest BCUT2D eigenvalue weighted by molar-refractivity contribution is 7.89. The van der Waals surface area contributed by atoms with Gasteiger partial charge in [0, 0.05) is 55.5 Å². The second kappa shape index (κ2) is 8.72. The van der Waals surface area contributed by atoms with Crippen molar-refractivity contribution in [1.29, 1.82) is 5.41 Å². The van der Waals surface area contributed by atoms with E-state index in [-0.39, 0.29) is 42.8 Å². The molecule has 1 heterocycles. The number of piperazine rings is 1. The Morgan fingerprint density at radius 1 is 0.933 bits per heavy atom. The van der Waals surface area contributed by atoms with Crippen LogP contribution in [0.1, 0.15) is 15.9 Å². The van der Waals surface area contributed by atoms with Crippen molar-refractivity contribution in [2.75, 3.05) is 40.4 Å². The molecule has 0 radical (unpaired) electrons. The van der Waals surface area contributed by atoms with Gasteiger partial charge in [-0.15, -0.1) is 0 Å². The van der Waals surface area contributed by atoms with Crippen LogP contribution >= 0.6 is 0 Å². The van der Waals surface area contributed by atoms with Gasteiger partial charge in [-0.1, -0.05) is 12.1 Å². The molecule has 0 aromatic heterocycles. The number of carbonyl (C=O) groups is 1. The van der Waals surface area contributed by atoms with Crippen LogP contribution in [0.4, 0.5) is 0 Å². The highest BCUT2D eigenvalue weighted by Crippen LogP contribution is 2.28. The number of rotatable bonds is 6. The summed E-state index contributed by atoms with van der Waals surface area (Å²) in [7, 11) is -0.845. The molecule has 1 aliphatic heterocycles. The van der Waals surface area contributed by atoms with Crippen molar-refractivity contribution >= 4 is 21.8 Å². The first-order valence-corrected chi connectivity index (χ1v) is 10.7. The molecular formula is C20H24N4O5S. The summed E-state index contributed by atoms with van der Waals surface area (Å²) in [6.45, 7) is 0.902. The molecule has 0 spiro atoms. The quantitative estimate of drug-likeness (QED) is 0.521. The first kappa shape index (κ1) is 21.6. The molecule has 0 atom stereocenters. The molecule has 3 N–H and O–H groups in total. The lowest BCUT2D eigenvalue weighted by Gasteiger charge is -2.34. The van der Waals surface area contributed by atoms with Crippen molar-refractivity contribution in [3.05, 3.63) is 53.6 Å². The second-order valence-electron chi connectivity index (χ2n) is 6.74. The van der Waals surface area contributed by atoms with Crippen LogP contribution in [0.25, 0.3) is 0 Å².